The zero-order chi connectivity index (χ0) is 14.0. The molecule has 0 aliphatic carbocycles. The first-order valence-electron chi connectivity index (χ1n) is 5.78. The average Bonchev–Trinajstić information content (AvgIpc) is 2.36. The van der Waals surface area contributed by atoms with Crippen molar-refractivity contribution in [2.45, 2.75) is 23.8 Å². The number of halogens is 3. The summed E-state index contributed by atoms with van der Waals surface area (Å²) in [5.74, 6) is -4.91. The van der Waals surface area contributed by atoms with E-state index in [9.17, 15) is 21.6 Å². The molecular formula is C11H13F3N2O2S. The van der Waals surface area contributed by atoms with Gasteiger partial charge in [0.25, 0.3) is 0 Å². The van der Waals surface area contributed by atoms with Crippen molar-refractivity contribution in [2.75, 3.05) is 13.1 Å². The monoisotopic (exact) mass is 294 g/mol. The summed E-state index contributed by atoms with van der Waals surface area (Å²) in [4.78, 5) is -0.878. The number of sulfonamides is 1. The molecule has 0 unspecified atom stereocenters. The number of piperidine rings is 1. The SMILES string of the molecule is O=S(=O)(N[C@@H]1CCCNC1)c1ccc(F)c(F)c1F. The van der Waals surface area contributed by atoms with Crippen molar-refractivity contribution >= 4 is 10.0 Å². The summed E-state index contributed by atoms with van der Waals surface area (Å²) in [5.41, 5.74) is 0. The van der Waals surface area contributed by atoms with E-state index in [1.807, 2.05) is 0 Å². The highest BCUT2D eigenvalue weighted by atomic mass is 32.2. The van der Waals surface area contributed by atoms with Gasteiger partial charge < -0.3 is 5.32 Å². The molecular weight excluding hydrogens is 281 g/mol. The minimum absolute atomic E-state index is 0.383. The van der Waals surface area contributed by atoms with Gasteiger partial charge in [0.05, 0.1) is 0 Å². The molecule has 0 saturated carbocycles. The molecule has 1 aliphatic heterocycles. The second-order valence-electron chi connectivity index (χ2n) is 4.34. The molecule has 1 atom stereocenters. The van der Waals surface area contributed by atoms with Crippen LogP contribution in [0.3, 0.4) is 0 Å². The number of hydrogen-bond donors (Lipinski definition) is 2. The molecule has 2 N–H and O–H groups in total. The van der Waals surface area contributed by atoms with Crippen LogP contribution in [0.2, 0.25) is 0 Å². The molecule has 8 heteroatoms. The molecule has 0 spiro atoms. The maximum atomic E-state index is 13.5. The van der Waals surface area contributed by atoms with E-state index in [-0.39, 0.29) is 6.04 Å². The highest BCUT2D eigenvalue weighted by molar-refractivity contribution is 7.89. The van der Waals surface area contributed by atoms with Gasteiger partial charge >= 0.3 is 0 Å². The van der Waals surface area contributed by atoms with Crippen LogP contribution in [-0.2, 0) is 10.0 Å². The van der Waals surface area contributed by atoms with E-state index in [0.717, 1.165) is 13.0 Å². The van der Waals surface area contributed by atoms with Gasteiger partial charge in [-0.25, -0.2) is 26.3 Å². The molecule has 1 saturated heterocycles. The predicted octanol–water partition coefficient (Wildman–Crippen LogP) is 1.13. The summed E-state index contributed by atoms with van der Waals surface area (Å²) in [7, 11) is -4.20. The van der Waals surface area contributed by atoms with Gasteiger partial charge in [-0.3, -0.25) is 0 Å². The first kappa shape index (κ1) is 14.3. The van der Waals surface area contributed by atoms with Crippen LogP contribution in [0.1, 0.15) is 12.8 Å². The van der Waals surface area contributed by atoms with Crippen molar-refractivity contribution in [1.29, 1.82) is 0 Å². The fourth-order valence-electron chi connectivity index (χ4n) is 1.95. The molecule has 1 heterocycles. The number of hydrogen-bond acceptors (Lipinski definition) is 3. The van der Waals surface area contributed by atoms with Gasteiger partial charge in [-0.1, -0.05) is 0 Å². The van der Waals surface area contributed by atoms with E-state index in [0.29, 0.717) is 25.1 Å². The van der Waals surface area contributed by atoms with Gasteiger partial charge in [0.15, 0.2) is 17.5 Å². The summed E-state index contributed by atoms with van der Waals surface area (Å²) in [5, 5.41) is 2.99. The Morgan fingerprint density at radius 1 is 1.21 bits per heavy atom. The first-order chi connectivity index (χ1) is 8.92. The van der Waals surface area contributed by atoms with Crippen molar-refractivity contribution in [2.24, 2.45) is 0 Å². The Balaban J connectivity index is 2.26. The Morgan fingerprint density at radius 2 is 1.95 bits per heavy atom. The van der Waals surface area contributed by atoms with Gasteiger partial charge in [0.1, 0.15) is 4.90 Å². The second-order valence-corrected chi connectivity index (χ2v) is 6.02. The Morgan fingerprint density at radius 3 is 2.58 bits per heavy atom. The van der Waals surface area contributed by atoms with Gasteiger partial charge in [-0.05, 0) is 31.5 Å². The van der Waals surface area contributed by atoms with E-state index in [1.165, 1.54) is 0 Å². The largest absolute Gasteiger partial charge is 0.315 e. The second kappa shape index (κ2) is 5.48. The van der Waals surface area contributed by atoms with E-state index in [1.54, 1.807) is 0 Å². The number of benzene rings is 1. The van der Waals surface area contributed by atoms with Crippen LogP contribution in [0.15, 0.2) is 17.0 Å². The summed E-state index contributed by atoms with van der Waals surface area (Å²) in [6.45, 7) is 1.21. The van der Waals surface area contributed by atoms with Crippen LogP contribution in [0.4, 0.5) is 13.2 Å². The van der Waals surface area contributed by atoms with Gasteiger partial charge in [-0.2, -0.15) is 0 Å². The molecule has 0 amide bonds. The highest BCUT2D eigenvalue weighted by Crippen LogP contribution is 2.20. The fourth-order valence-corrected chi connectivity index (χ4v) is 3.29. The molecule has 1 aromatic rings. The van der Waals surface area contributed by atoms with Gasteiger partial charge in [0.2, 0.25) is 10.0 Å². The number of rotatable bonds is 3. The minimum Gasteiger partial charge on any atom is -0.315 e. The molecule has 1 aliphatic rings. The summed E-state index contributed by atoms with van der Waals surface area (Å²) >= 11 is 0. The Labute approximate surface area is 109 Å². The van der Waals surface area contributed by atoms with Gasteiger partial charge in [0, 0.05) is 12.6 Å². The summed E-state index contributed by atoms with van der Waals surface area (Å²) in [6, 6.07) is 0.921. The zero-order valence-electron chi connectivity index (χ0n) is 9.92. The van der Waals surface area contributed by atoms with Crippen molar-refractivity contribution < 1.29 is 21.6 Å². The third-order valence-electron chi connectivity index (χ3n) is 2.91. The quantitative estimate of drug-likeness (QED) is 0.822. The van der Waals surface area contributed by atoms with E-state index in [4.69, 9.17) is 0 Å². The summed E-state index contributed by atoms with van der Waals surface area (Å²) < 4.78 is 65.4. The topological polar surface area (TPSA) is 58.2 Å². The maximum Gasteiger partial charge on any atom is 0.243 e. The molecule has 2 rings (SSSR count). The highest BCUT2D eigenvalue weighted by Gasteiger charge is 2.27. The van der Waals surface area contributed by atoms with E-state index >= 15 is 0 Å². The van der Waals surface area contributed by atoms with Crippen molar-refractivity contribution in [1.82, 2.24) is 10.0 Å². The third-order valence-corrected chi connectivity index (χ3v) is 4.45. The Kier molecular flexibility index (Phi) is 4.12. The molecule has 0 bridgehead atoms. The lowest BCUT2D eigenvalue weighted by Gasteiger charge is -2.23. The maximum absolute atomic E-state index is 13.5. The fraction of sp³-hybridized carbons (Fsp3) is 0.455. The summed E-state index contributed by atoms with van der Waals surface area (Å²) in [6.07, 6.45) is 1.39. The van der Waals surface area contributed by atoms with Crippen LogP contribution in [0.25, 0.3) is 0 Å². The molecule has 4 nitrogen and oxygen atoms in total. The van der Waals surface area contributed by atoms with Crippen LogP contribution in [0, 0.1) is 17.5 Å². The van der Waals surface area contributed by atoms with Gasteiger partial charge in [-0.15, -0.1) is 0 Å². The lowest BCUT2D eigenvalue weighted by molar-refractivity contribution is 0.419. The number of nitrogens with one attached hydrogen (secondary N) is 2. The molecule has 1 fully saturated rings. The van der Waals surface area contributed by atoms with E-state index < -0.39 is 32.4 Å². The zero-order valence-corrected chi connectivity index (χ0v) is 10.7. The molecule has 0 aromatic heterocycles. The third kappa shape index (κ3) is 3.07. The molecule has 19 heavy (non-hydrogen) atoms. The van der Waals surface area contributed by atoms with E-state index in [2.05, 4.69) is 10.0 Å². The van der Waals surface area contributed by atoms with Crippen molar-refractivity contribution in [3.05, 3.63) is 29.6 Å². The Hall–Kier alpha value is -1.12. The lowest BCUT2D eigenvalue weighted by Crippen LogP contribution is -2.45. The predicted molar refractivity (Wildman–Crippen MR) is 62.5 cm³/mol. The molecule has 1 aromatic carbocycles. The normalized spacial score (nSPS) is 20.5. The molecule has 106 valence electrons. The van der Waals surface area contributed by atoms with Crippen molar-refractivity contribution in [3.8, 4) is 0 Å². The van der Waals surface area contributed by atoms with Crippen molar-refractivity contribution in [3.63, 3.8) is 0 Å². The smallest absolute Gasteiger partial charge is 0.243 e. The van der Waals surface area contributed by atoms with Crippen LogP contribution in [-0.4, -0.2) is 27.5 Å². The van der Waals surface area contributed by atoms with Crippen LogP contribution >= 0.6 is 0 Å². The van der Waals surface area contributed by atoms with Crippen LogP contribution in [0.5, 0.6) is 0 Å². The molecule has 0 radical (unpaired) electrons. The lowest BCUT2D eigenvalue weighted by atomic mass is 10.1. The Bertz CT molecular complexity index is 572. The minimum atomic E-state index is -4.20. The standard InChI is InChI=1S/C11H13F3N2O2S/c12-8-3-4-9(11(14)10(8)13)19(17,18)16-7-2-1-5-15-6-7/h3-4,7,15-16H,1-2,5-6H2/t7-/m1/s1. The first-order valence-corrected chi connectivity index (χ1v) is 7.26. The van der Waals surface area contributed by atoms with Crippen LogP contribution < -0.4 is 10.0 Å². The average molecular weight is 294 g/mol.